The van der Waals surface area contributed by atoms with Gasteiger partial charge in [-0.2, -0.15) is 13.2 Å². The lowest BCUT2D eigenvalue weighted by atomic mass is 9.99. The van der Waals surface area contributed by atoms with Crippen LogP contribution in [0.2, 0.25) is 0 Å². The van der Waals surface area contributed by atoms with Crippen molar-refractivity contribution in [3.8, 4) is 22.6 Å². The van der Waals surface area contributed by atoms with E-state index >= 15 is 0 Å². The Bertz CT molecular complexity index is 1150. The van der Waals surface area contributed by atoms with Crippen molar-refractivity contribution < 1.29 is 32.2 Å². The Morgan fingerprint density at radius 1 is 1.16 bits per heavy atom. The monoisotopic (exact) mass is 435 g/mol. The van der Waals surface area contributed by atoms with E-state index in [-0.39, 0.29) is 36.4 Å². The fourth-order valence-electron chi connectivity index (χ4n) is 3.67. The lowest BCUT2D eigenvalue weighted by Crippen LogP contribution is -2.33. The van der Waals surface area contributed by atoms with E-state index in [1.54, 1.807) is 6.07 Å². The molecule has 0 aliphatic carbocycles. The van der Waals surface area contributed by atoms with E-state index in [9.17, 15) is 18.0 Å². The number of aliphatic hydroxyl groups is 1. The standard InChI is InChI=1S/C22H20F3NO5/c1-29-14-5-3-13(4-6-14)18-19(28)15-7-8-17-16(11-26(12-30-17)9-2-10-27)20(15)31-21(18)22(23,24)25/h3-8,27H,2,9-12H2,1H3. The molecular formula is C22H20F3NO5. The lowest BCUT2D eigenvalue weighted by Gasteiger charge is -2.29. The van der Waals surface area contributed by atoms with Crippen molar-refractivity contribution in [2.75, 3.05) is 27.0 Å². The first-order valence-electron chi connectivity index (χ1n) is 9.64. The molecule has 6 nitrogen and oxygen atoms in total. The number of rotatable bonds is 5. The molecule has 1 aliphatic rings. The van der Waals surface area contributed by atoms with Crippen molar-refractivity contribution in [1.82, 2.24) is 4.90 Å². The number of fused-ring (bicyclic) bond motifs is 3. The molecule has 0 amide bonds. The Balaban J connectivity index is 1.92. The summed E-state index contributed by atoms with van der Waals surface area (Å²) in [5.41, 5.74) is -0.987. The average molecular weight is 435 g/mol. The predicted octanol–water partition coefficient (Wildman–Crippen LogP) is 4.02. The van der Waals surface area contributed by atoms with Crippen LogP contribution >= 0.6 is 0 Å². The van der Waals surface area contributed by atoms with Gasteiger partial charge in [0.05, 0.1) is 23.6 Å². The lowest BCUT2D eigenvalue weighted by molar-refractivity contribution is -0.152. The molecule has 164 valence electrons. The second kappa shape index (κ2) is 8.24. The summed E-state index contributed by atoms with van der Waals surface area (Å²) in [4.78, 5) is 15.0. The SMILES string of the molecule is COc1ccc(-c2c(C(F)(F)F)oc3c4c(ccc3c2=O)OCN(CCCO)C4)cc1. The van der Waals surface area contributed by atoms with Crippen LogP contribution in [0.4, 0.5) is 13.2 Å². The normalized spacial score (nSPS) is 14.4. The van der Waals surface area contributed by atoms with E-state index < -0.39 is 22.9 Å². The highest BCUT2D eigenvalue weighted by Gasteiger charge is 2.40. The molecule has 4 rings (SSSR count). The molecule has 0 saturated heterocycles. The summed E-state index contributed by atoms with van der Waals surface area (Å²) in [6, 6.07) is 8.76. The van der Waals surface area contributed by atoms with Crippen molar-refractivity contribution in [1.29, 1.82) is 0 Å². The Kier molecular flexibility index (Phi) is 5.63. The minimum atomic E-state index is -4.88. The minimum absolute atomic E-state index is 0.0164. The second-order valence-corrected chi connectivity index (χ2v) is 7.18. The number of hydrogen-bond acceptors (Lipinski definition) is 6. The Hall–Kier alpha value is -3.04. The number of alkyl halides is 3. The van der Waals surface area contributed by atoms with E-state index in [1.807, 2.05) is 4.90 Å². The van der Waals surface area contributed by atoms with Gasteiger partial charge in [0, 0.05) is 19.7 Å². The van der Waals surface area contributed by atoms with Crippen molar-refractivity contribution in [3.63, 3.8) is 0 Å². The molecular weight excluding hydrogens is 415 g/mol. The number of aliphatic hydroxyl groups excluding tert-OH is 1. The van der Waals surface area contributed by atoms with Crippen LogP contribution in [-0.4, -0.2) is 37.0 Å². The molecule has 0 fully saturated rings. The van der Waals surface area contributed by atoms with Gasteiger partial charge in [0.15, 0.2) is 0 Å². The maximum absolute atomic E-state index is 13.9. The topological polar surface area (TPSA) is 72.1 Å². The first-order chi connectivity index (χ1) is 14.8. The Morgan fingerprint density at radius 3 is 2.55 bits per heavy atom. The number of hydrogen-bond donors (Lipinski definition) is 1. The second-order valence-electron chi connectivity index (χ2n) is 7.18. The van der Waals surface area contributed by atoms with Gasteiger partial charge in [-0.3, -0.25) is 9.69 Å². The zero-order valence-corrected chi connectivity index (χ0v) is 16.7. The van der Waals surface area contributed by atoms with E-state index in [2.05, 4.69) is 0 Å². The fourth-order valence-corrected chi connectivity index (χ4v) is 3.67. The summed E-state index contributed by atoms with van der Waals surface area (Å²) >= 11 is 0. The van der Waals surface area contributed by atoms with Crippen LogP contribution < -0.4 is 14.9 Å². The van der Waals surface area contributed by atoms with Crippen LogP contribution in [0.5, 0.6) is 11.5 Å². The predicted molar refractivity (Wildman–Crippen MR) is 107 cm³/mol. The highest BCUT2D eigenvalue weighted by Crippen LogP contribution is 2.40. The number of methoxy groups -OCH3 is 1. The number of halogens is 3. The molecule has 1 N–H and O–H groups in total. The number of nitrogens with zero attached hydrogens (tertiary/aromatic N) is 1. The zero-order valence-electron chi connectivity index (χ0n) is 16.7. The molecule has 9 heteroatoms. The Labute approximate surface area is 175 Å². The van der Waals surface area contributed by atoms with Crippen molar-refractivity contribution in [2.45, 2.75) is 19.1 Å². The van der Waals surface area contributed by atoms with Crippen LogP contribution in [0.1, 0.15) is 17.7 Å². The molecule has 31 heavy (non-hydrogen) atoms. The molecule has 0 radical (unpaired) electrons. The summed E-state index contributed by atoms with van der Waals surface area (Å²) in [5, 5.41) is 9.08. The van der Waals surface area contributed by atoms with Crippen LogP contribution in [0.3, 0.4) is 0 Å². The molecule has 0 spiro atoms. The van der Waals surface area contributed by atoms with Gasteiger partial charge >= 0.3 is 6.18 Å². The highest BCUT2D eigenvalue weighted by molar-refractivity contribution is 5.87. The molecule has 2 heterocycles. The van der Waals surface area contributed by atoms with E-state index in [1.165, 1.54) is 37.4 Å². The van der Waals surface area contributed by atoms with Gasteiger partial charge in [-0.15, -0.1) is 0 Å². The Morgan fingerprint density at radius 2 is 1.90 bits per heavy atom. The largest absolute Gasteiger partial charge is 0.497 e. The molecule has 0 atom stereocenters. The van der Waals surface area contributed by atoms with Crippen molar-refractivity contribution in [3.05, 3.63) is 57.9 Å². The van der Waals surface area contributed by atoms with Gasteiger partial charge in [0.2, 0.25) is 11.2 Å². The van der Waals surface area contributed by atoms with Gasteiger partial charge in [0.25, 0.3) is 0 Å². The van der Waals surface area contributed by atoms with Crippen molar-refractivity contribution in [2.24, 2.45) is 0 Å². The fraction of sp³-hybridized carbons (Fsp3) is 0.318. The highest BCUT2D eigenvalue weighted by atomic mass is 19.4. The molecule has 0 bridgehead atoms. The van der Waals surface area contributed by atoms with Gasteiger partial charge in [-0.1, -0.05) is 12.1 Å². The van der Waals surface area contributed by atoms with E-state index in [0.29, 0.717) is 30.0 Å². The summed E-state index contributed by atoms with van der Waals surface area (Å²) in [6.07, 6.45) is -4.39. The average Bonchev–Trinajstić information content (AvgIpc) is 2.76. The smallest absolute Gasteiger partial charge is 0.450 e. The van der Waals surface area contributed by atoms with Gasteiger partial charge in [-0.25, -0.2) is 0 Å². The van der Waals surface area contributed by atoms with E-state index in [4.69, 9.17) is 19.0 Å². The number of ether oxygens (including phenoxy) is 2. The molecule has 3 aromatic rings. The summed E-state index contributed by atoms with van der Waals surface area (Å²) in [7, 11) is 1.44. The van der Waals surface area contributed by atoms with Crippen molar-refractivity contribution >= 4 is 11.0 Å². The van der Waals surface area contributed by atoms with Crippen LogP contribution in [0.25, 0.3) is 22.1 Å². The third-order valence-corrected chi connectivity index (χ3v) is 5.17. The minimum Gasteiger partial charge on any atom is -0.497 e. The zero-order chi connectivity index (χ0) is 22.2. The molecule has 2 aromatic carbocycles. The van der Waals surface area contributed by atoms with Gasteiger partial charge < -0.3 is 19.0 Å². The molecule has 1 aromatic heterocycles. The first-order valence-corrected chi connectivity index (χ1v) is 9.64. The maximum Gasteiger partial charge on any atom is 0.450 e. The van der Waals surface area contributed by atoms with Gasteiger partial charge in [0.1, 0.15) is 23.8 Å². The van der Waals surface area contributed by atoms with Gasteiger partial charge in [-0.05, 0) is 36.2 Å². The van der Waals surface area contributed by atoms with Crippen LogP contribution in [0, 0.1) is 0 Å². The third kappa shape index (κ3) is 3.98. The van der Waals surface area contributed by atoms with E-state index in [0.717, 1.165) is 0 Å². The summed E-state index contributed by atoms with van der Waals surface area (Å²) < 4.78 is 57.9. The first kappa shape index (κ1) is 21.2. The van der Waals surface area contributed by atoms with Crippen LogP contribution in [-0.2, 0) is 12.7 Å². The molecule has 0 unspecified atom stereocenters. The summed E-state index contributed by atoms with van der Waals surface area (Å²) in [6.45, 7) is 0.956. The third-order valence-electron chi connectivity index (χ3n) is 5.17. The maximum atomic E-state index is 13.9. The molecule has 0 saturated carbocycles. The van der Waals surface area contributed by atoms with Crippen LogP contribution in [0.15, 0.2) is 45.6 Å². The number of benzene rings is 2. The quantitative estimate of drug-likeness (QED) is 0.653. The molecule has 1 aliphatic heterocycles. The summed E-state index contributed by atoms with van der Waals surface area (Å²) in [5.74, 6) is -0.519.